The lowest BCUT2D eigenvalue weighted by Gasteiger charge is -2.01. The van der Waals surface area contributed by atoms with Gasteiger partial charge in [0.1, 0.15) is 12.7 Å². The van der Waals surface area contributed by atoms with Crippen molar-refractivity contribution in [1.82, 2.24) is 0 Å². The summed E-state index contributed by atoms with van der Waals surface area (Å²) in [5, 5.41) is 8.36. The number of hydrogen-bond donors (Lipinski definition) is 1. The molecular weight excluding hydrogens is 228 g/mol. The second-order valence-corrected chi connectivity index (χ2v) is 3.03. The number of aliphatic hydroxyl groups excluding tert-OH is 1. The summed E-state index contributed by atoms with van der Waals surface area (Å²) in [5.41, 5.74) is 0. The maximum Gasteiger partial charge on any atom is 0.332 e. The molecule has 0 saturated carbocycles. The largest absolute Gasteiger partial charge is 0.460 e. The van der Waals surface area contributed by atoms with Crippen LogP contribution in [0.4, 0.5) is 0 Å². The molecule has 6 heteroatoms. The molecule has 1 aliphatic rings. The van der Waals surface area contributed by atoms with Crippen LogP contribution < -0.4 is 0 Å². The average molecular weight is 244 g/mol. The highest BCUT2D eigenvalue weighted by atomic mass is 16.6. The second-order valence-electron chi connectivity index (χ2n) is 3.03. The van der Waals surface area contributed by atoms with Gasteiger partial charge in [0.2, 0.25) is 0 Å². The monoisotopic (exact) mass is 244 g/mol. The third-order valence-electron chi connectivity index (χ3n) is 1.43. The Kier molecular flexibility index (Phi) is 7.66. The highest BCUT2D eigenvalue weighted by Gasteiger charge is 2.23. The second kappa shape index (κ2) is 8.49. The molecule has 1 N–H and O–H groups in total. The maximum atomic E-state index is 10.3. The normalized spacial score (nSPS) is 17.9. The van der Waals surface area contributed by atoms with Crippen LogP contribution in [0, 0.1) is 0 Å². The summed E-state index contributed by atoms with van der Waals surface area (Å²) in [5.74, 6) is -0.995. The fraction of sp³-hybridized carbons (Fsp3) is 0.455. The van der Waals surface area contributed by atoms with Crippen molar-refractivity contribution in [2.24, 2.45) is 0 Å². The summed E-state index contributed by atoms with van der Waals surface area (Å²) in [4.78, 5) is 20.5. The van der Waals surface area contributed by atoms with E-state index in [4.69, 9.17) is 9.84 Å². The Morgan fingerprint density at radius 2 is 2.00 bits per heavy atom. The molecular formula is C11H16O6. The molecule has 2 atom stereocenters. The Morgan fingerprint density at radius 3 is 2.29 bits per heavy atom. The number of carbonyl (C=O) groups is 2. The first-order chi connectivity index (χ1) is 7.99. The Balaban J connectivity index is 0.000000304. The average Bonchev–Trinajstić information content (AvgIpc) is 3.09. The lowest BCUT2D eigenvalue weighted by molar-refractivity contribution is -0.158. The molecule has 1 fully saturated rings. The summed E-state index contributed by atoms with van der Waals surface area (Å²) >= 11 is 0. The van der Waals surface area contributed by atoms with Crippen molar-refractivity contribution in [3.05, 3.63) is 25.3 Å². The first-order valence-corrected chi connectivity index (χ1v) is 4.91. The predicted octanol–water partition coefficient (Wildman–Crippen LogP) is 0.168. The van der Waals surface area contributed by atoms with E-state index in [0.717, 1.165) is 12.2 Å². The van der Waals surface area contributed by atoms with Crippen molar-refractivity contribution >= 4 is 11.9 Å². The summed E-state index contributed by atoms with van der Waals surface area (Å²) in [7, 11) is 0. The van der Waals surface area contributed by atoms with Gasteiger partial charge in [-0.25, -0.2) is 9.59 Å². The molecule has 0 radical (unpaired) electrons. The van der Waals surface area contributed by atoms with Crippen molar-refractivity contribution in [3.8, 4) is 0 Å². The molecule has 0 amide bonds. The van der Waals surface area contributed by atoms with Crippen molar-refractivity contribution in [3.63, 3.8) is 0 Å². The zero-order valence-electron chi connectivity index (χ0n) is 9.63. The third-order valence-corrected chi connectivity index (χ3v) is 1.43. The lowest BCUT2D eigenvalue weighted by Crippen LogP contribution is -2.10. The Bertz CT molecular complexity index is 280. The van der Waals surface area contributed by atoms with Gasteiger partial charge in [-0.3, -0.25) is 0 Å². The van der Waals surface area contributed by atoms with Gasteiger partial charge in [0.25, 0.3) is 0 Å². The molecule has 0 aromatic heterocycles. The van der Waals surface area contributed by atoms with Gasteiger partial charge in [-0.2, -0.15) is 0 Å². The van der Waals surface area contributed by atoms with Crippen LogP contribution in [-0.2, 0) is 23.8 Å². The van der Waals surface area contributed by atoms with E-state index in [1.165, 1.54) is 6.92 Å². The molecule has 0 aliphatic carbocycles. The van der Waals surface area contributed by atoms with E-state index in [1.54, 1.807) is 0 Å². The van der Waals surface area contributed by atoms with Gasteiger partial charge in [0.15, 0.2) is 6.29 Å². The Morgan fingerprint density at radius 1 is 1.47 bits per heavy atom. The van der Waals surface area contributed by atoms with Crippen LogP contribution in [0.25, 0.3) is 0 Å². The Hall–Kier alpha value is -1.66. The third kappa shape index (κ3) is 10.6. The number of epoxide rings is 1. The van der Waals surface area contributed by atoms with Crippen LogP contribution in [0.15, 0.2) is 25.3 Å². The molecule has 1 heterocycles. The first kappa shape index (κ1) is 15.3. The van der Waals surface area contributed by atoms with Gasteiger partial charge in [-0.1, -0.05) is 13.2 Å². The minimum Gasteiger partial charge on any atom is -0.460 e. The van der Waals surface area contributed by atoms with Crippen molar-refractivity contribution < 1.29 is 28.9 Å². The SMILES string of the molecule is C=CC(=O)OC(C)O.C=CC(=O)OCC1CO1. The molecule has 96 valence electrons. The van der Waals surface area contributed by atoms with Crippen molar-refractivity contribution in [1.29, 1.82) is 0 Å². The highest BCUT2D eigenvalue weighted by Crippen LogP contribution is 2.08. The van der Waals surface area contributed by atoms with E-state index in [0.29, 0.717) is 13.2 Å². The summed E-state index contributed by atoms with van der Waals surface area (Å²) < 4.78 is 13.6. The number of esters is 2. The van der Waals surface area contributed by atoms with E-state index in [1.807, 2.05) is 0 Å². The zero-order valence-corrected chi connectivity index (χ0v) is 9.63. The van der Waals surface area contributed by atoms with E-state index in [9.17, 15) is 9.59 Å². The van der Waals surface area contributed by atoms with Crippen LogP contribution in [0.1, 0.15) is 6.92 Å². The molecule has 1 rings (SSSR count). The molecule has 1 saturated heterocycles. The van der Waals surface area contributed by atoms with Gasteiger partial charge >= 0.3 is 11.9 Å². The molecule has 2 unspecified atom stereocenters. The number of carbonyl (C=O) groups excluding carboxylic acids is 2. The van der Waals surface area contributed by atoms with Crippen molar-refractivity contribution in [2.45, 2.75) is 19.3 Å². The van der Waals surface area contributed by atoms with E-state index in [-0.39, 0.29) is 12.1 Å². The van der Waals surface area contributed by atoms with E-state index < -0.39 is 12.3 Å². The van der Waals surface area contributed by atoms with Crippen LogP contribution in [0.3, 0.4) is 0 Å². The summed E-state index contributed by atoms with van der Waals surface area (Å²) in [6, 6.07) is 0. The topological polar surface area (TPSA) is 85.4 Å². The number of hydrogen-bond acceptors (Lipinski definition) is 6. The molecule has 0 bridgehead atoms. The maximum absolute atomic E-state index is 10.3. The van der Waals surface area contributed by atoms with Gasteiger partial charge in [-0.15, -0.1) is 0 Å². The molecule has 17 heavy (non-hydrogen) atoms. The van der Waals surface area contributed by atoms with Crippen molar-refractivity contribution in [2.75, 3.05) is 13.2 Å². The standard InChI is InChI=1S/C6H8O3.C5H8O3/c1-2-6(7)9-4-5-3-8-5;1-3-5(7)8-4(2)6/h2,5H,1,3-4H2;3-4,6H,1H2,2H3. The molecule has 6 nitrogen and oxygen atoms in total. The van der Waals surface area contributed by atoms with E-state index in [2.05, 4.69) is 22.6 Å². The van der Waals surface area contributed by atoms with Crippen LogP contribution in [0.2, 0.25) is 0 Å². The molecule has 0 aromatic rings. The number of ether oxygens (including phenoxy) is 3. The van der Waals surface area contributed by atoms with E-state index >= 15 is 0 Å². The molecule has 1 aliphatic heterocycles. The fourth-order valence-electron chi connectivity index (χ4n) is 0.614. The smallest absolute Gasteiger partial charge is 0.332 e. The van der Waals surface area contributed by atoms with Crippen LogP contribution in [-0.4, -0.2) is 42.7 Å². The summed E-state index contributed by atoms with van der Waals surface area (Å²) in [6.45, 7) is 8.80. The number of rotatable bonds is 5. The minimum atomic E-state index is -1.04. The Labute approximate surface area is 99.5 Å². The highest BCUT2D eigenvalue weighted by molar-refractivity contribution is 5.81. The predicted molar refractivity (Wildman–Crippen MR) is 58.9 cm³/mol. The van der Waals surface area contributed by atoms with Gasteiger partial charge < -0.3 is 19.3 Å². The summed E-state index contributed by atoms with van der Waals surface area (Å²) in [6.07, 6.45) is 1.24. The van der Waals surface area contributed by atoms with Crippen LogP contribution in [0.5, 0.6) is 0 Å². The molecule has 0 spiro atoms. The number of aliphatic hydroxyl groups is 1. The first-order valence-electron chi connectivity index (χ1n) is 4.91. The minimum absolute atomic E-state index is 0.147. The quantitative estimate of drug-likeness (QED) is 0.321. The van der Waals surface area contributed by atoms with Gasteiger partial charge in [0, 0.05) is 12.2 Å². The fourth-order valence-corrected chi connectivity index (χ4v) is 0.614. The van der Waals surface area contributed by atoms with Gasteiger partial charge in [0.05, 0.1) is 6.61 Å². The van der Waals surface area contributed by atoms with Gasteiger partial charge in [-0.05, 0) is 6.92 Å². The lowest BCUT2D eigenvalue weighted by atomic mass is 10.5. The molecule has 0 aromatic carbocycles. The van der Waals surface area contributed by atoms with Crippen LogP contribution >= 0.6 is 0 Å². The zero-order chi connectivity index (χ0) is 13.3.